The lowest BCUT2D eigenvalue weighted by atomic mass is 10.1. The molecule has 1 fully saturated rings. The normalized spacial score (nSPS) is 16.1. The molecule has 0 amide bonds. The third-order valence-corrected chi connectivity index (χ3v) is 5.41. The first kappa shape index (κ1) is 25.0. The summed E-state index contributed by atoms with van der Waals surface area (Å²) in [4.78, 5) is 11.7. The molecule has 1 aromatic heterocycles. The third-order valence-electron chi connectivity index (χ3n) is 5.41. The van der Waals surface area contributed by atoms with Crippen molar-refractivity contribution in [2.45, 2.75) is 33.0 Å². The first-order valence-corrected chi connectivity index (χ1v) is 11.1. The molecule has 7 heteroatoms. The Morgan fingerprint density at radius 2 is 1.82 bits per heavy atom. The molecule has 2 aromatic carbocycles. The quantitative estimate of drug-likeness (QED) is 0.254. The summed E-state index contributed by atoms with van der Waals surface area (Å²) in [5.74, 6) is 1.73. The minimum atomic E-state index is 0. The van der Waals surface area contributed by atoms with Crippen LogP contribution in [0.15, 0.2) is 77.9 Å². The zero-order valence-corrected chi connectivity index (χ0v) is 21.5. The number of pyridine rings is 1. The summed E-state index contributed by atoms with van der Waals surface area (Å²) < 4.78 is 5.63. The second kappa shape index (κ2) is 12.6. The van der Waals surface area contributed by atoms with Gasteiger partial charge in [-0.25, -0.2) is 9.98 Å². The standard InChI is InChI=1S/C26H31N5O.HI/c1-20-8-10-22(11-9-20)16-28-26(30-24-6-4-3-5-7-24)29-18-23-12-13-25(27-17-23)31-14-15-32-21(2)19-31;/h3-13,17,21H,14-16,18-19H2,1-2H3,(H2,28,29,30);1H. The molecule has 0 spiro atoms. The van der Waals surface area contributed by atoms with E-state index in [9.17, 15) is 0 Å². The van der Waals surface area contributed by atoms with Gasteiger partial charge in [0.1, 0.15) is 5.82 Å². The number of nitrogens with zero attached hydrogens (tertiary/aromatic N) is 3. The van der Waals surface area contributed by atoms with Crippen molar-refractivity contribution < 1.29 is 4.74 Å². The van der Waals surface area contributed by atoms with Gasteiger partial charge >= 0.3 is 0 Å². The fourth-order valence-electron chi connectivity index (χ4n) is 3.58. The fraction of sp³-hybridized carbons (Fsp3) is 0.308. The number of nitrogens with one attached hydrogen (secondary N) is 2. The number of rotatable bonds is 6. The first-order valence-electron chi connectivity index (χ1n) is 11.1. The van der Waals surface area contributed by atoms with Crippen molar-refractivity contribution >= 4 is 41.4 Å². The van der Waals surface area contributed by atoms with Crippen LogP contribution in [0.1, 0.15) is 23.6 Å². The van der Waals surface area contributed by atoms with Crippen LogP contribution >= 0.6 is 24.0 Å². The topological polar surface area (TPSA) is 61.8 Å². The molecule has 1 unspecified atom stereocenters. The van der Waals surface area contributed by atoms with Gasteiger partial charge in [0, 0.05) is 31.5 Å². The van der Waals surface area contributed by atoms with Crippen molar-refractivity contribution in [1.29, 1.82) is 0 Å². The van der Waals surface area contributed by atoms with E-state index in [4.69, 9.17) is 9.73 Å². The zero-order valence-electron chi connectivity index (χ0n) is 19.2. The lowest BCUT2D eigenvalue weighted by molar-refractivity contribution is 0.0529. The summed E-state index contributed by atoms with van der Waals surface area (Å²) in [5, 5.41) is 6.83. The van der Waals surface area contributed by atoms with Gasteiger partial charge in [-0.2, -0.15) is 0 Å². The summed E-state index contributed by atoms with van der Waals surface area (Å²) in [6, 6.07) is 22.8. The number of halogens is 1. The Labute approximate surface area is 213 Å². The van der Waals surface area contributed by atoms with Crippen LogP contribution in [0.3, 0.4) is 0 Å². The Morgan fingerprint density at radius 1 is 1.06 bits per heavy atom. The summed E-state index contributed by atoms with van der Waals surface area (Å²) in [7, 11) is 0. The largest absolute Gasteiger partial charge is 0.375 e. The van der Waals surface area contributed by atoms with E-state index >= 15 is 0 Å². The molecule has 4 rings (SSSR count). The molecule has 1 aliphatic rings. The zero-order chi connectivity index (χ0) is 22.2. The smallest absolute Gasteiger partial charge is 0.196 e. The number of ether oxygens (including phenoxy) is 1. The number of aryl methyl sites for hydroxylation is 1. The molecular weight excluding hydrogens is 525 g/mol. The van der Waals surface area contributed by atoms with Gasteiger partial charge < -0.3 is 20.3 Å². The second-order valence-electron chi connectivity index (χ2n) is 8.15. The molecule has 0 aliphatic carbocycles. The number of para-hydroxylation sites is 1. The monoisotopic (exact) mass is 557 g/mol. The molecule has 0 radical (unpaired) electrons. The number of anilines is 2. The fourth-order valence-corrected chi connectivity index (χ4v) is 3.58. The summed E-state index contributed by atoms with van der Waals surface area (Å²) >= 11 is 0. The van der Waals surface area contributed by atoms with Crippen LogP contribution in [0.25, 0.3) is 0 Å². The van der Waals surface area contributed by atoms with E-state index in [1.165, 1.54) is 11.1 Å². The summed E-state index contributed by atoms with van der Waals surface area (Å²) in [5.41, 5.74) is 4.54. The predicted molar refractivity (Wildman–Crippen MR) is 147 cm³/mol. The van der Waals surface area contributed by atoms with Crippen molar-refractivity contribution in [3.63, 3.8) is 0 Å². The van der Waals surface area contributed by atoms with Gasteiger partial charge in [0.25, 0.3) is 0 Å². The molecule has 1 saturated heterocycles. The highest BCUT2D eigenvalue weighted by molar-refractivity contribution is 14.0. The molecule has 0 bridgehead atoms. The van der Waals surface area contributed by atoms with Gasteiger partial charge in [-0.05, 0) is 43.2 Å². The summed E-state index contributed by atoms with van der Waals surface area (Å²) in [6.07, 6.45) is 2.15. The molecule has 1 atom stereocenters. The third kappa shape index (κ3) is 7.71. The van der Waals surface area contributed by atoms with Gasteiger partial charge in [-0.1, -0.05) is 54.1 Å². The molecule has 1 aliphatic heterocycles. The molecule has 2 N–H and O–H groups in total. The average molecular weight is 557 g/mol. The maximum Gasteiger partial charge on any atom is 0.196 e. The van der Waals surface area contributed by atoms with Crippen LogP contribution in [0.2, 0.25) is 0 Å². The van der Waals surface area contributed by atoms with Crippen molar-refractivity contribution in [2.75, 3.05) is 29.9 Å². The van der Waals surface area contributed by atoms with Crippen LogP contribution in [0, 0.1) is 6.92 Å². The molecule has 6 nitrogen and oxygen atoms in total. The van der Waals surface area contributed by atoms with Crippen LogP contribution < -0.4 is 15.5 Å². The number of hydrogen-bond donors (Lipinski definition) is 2. The van der Waals surface area contributed by atoms with E-state index in [1.54, 1.807) is 0 Å². The molecule has 174 valence electrons. The highest BCUT2D eigenvalue weighted by Crippen LogP contribution is 2.16. The van der Waals surface area contributed by atoms with E-state index in [0.29, 0.717) is 13.1 Å². The predicted octanol–water partition coefficient (Wildman–Crippen LogP) is 4.99. The van der Waals surface area contributed by atoms with Crippen molar-refractivity contribution in [2.24, 2.45) is 4.99 Å². The Balaban J connectivity index is 0.00000306. The van der Waals surface area contributed by atoms with Crippen molar-refractivity contribution in [3.8, 4) is 0 Å². The van der Waals surface area contributed by atoms with Crippen LogP contribution in [0.4, 0.5) is 11.5 Å². The lowest BCUT2D eigenvalue weighted by Gasteiger charge is -2.32. The van der Waals surface area contributed by atoms with Crippen LogP contribution in [0.5, 0.6) is 0 Å². The number of benzene rings is 2. The van der Waals surface area contributed by atoms with Gasteiger partial charge in [-0.15, -0.1) is 24.0 Å². The highest BCUT2D eigenvalue weighted by atomic mass is 127. The Kier molecular flexibility index (Phi) is 9.50. The minimum absolute atomic E-state index is 0. The Morgan fingerprint density at radius 3 is 2.52 bits per heavy atom. The van der Waals surface area contributed by atoms with Gasteiger partial charge in [0.15, 0.2) is 5.96 Å². The first-order chi connectivity index (χ1) is 15.7. The molecule has 3 aromatic rings. The number of morpholine rings is 1. The maximum absolute atomic E-state index is 5.63. The highest BCUT2D eigenvalue weighted by Gasteiger charge is 2.17. The van der Waals surface area contributed by atoms with Crippen molar-refractivity contribution in [1.82, 2.24) is 10.3 Å². The SMILES string of the molecule is Cc1ccc(CNC(=NCc2ccc(N3CCOC(C)C3)nc2)Nc2ccccc2)cc1.I. The van der Waals surface area contributed by atoms with E-state index < -0.39 is 0 Å². The van der Waals surface area contributed by atoms with Gasteiger partial charge in [0.2, 0.25) is 0 Å². The maximum atomic E-state index is 5.63. The van der Waals surface area contributed by atoms with E-state index in [1.807, 2.05) is 36.5 Å². The molecule has 2 heterocycles. The van der Waals surface area contributed by atoms with Crippen molar-refractivity contribution in [3.05, 3.63) is 89.6 Å². The van der Waals surface area contributed by atoms with E-state index in [0.717, 1.165) is 42.7 Å². The second-order valence-corrected chi connectivity index (χ2v) is 8.15. The Hall–Kier alpha value is -2.65. The number of aromatic nitrogens is 1. The lowest BCUT2D eigenvalue weighted by Crippen LogP contribution is -2.41. The van der Waals surface area contributed by atoms with E-state index in [-0.39, 0.29) is 30.1 Å². The molecule has 33 heavy (non-hydrogen) atoms. The van der Waals surface area contributed by atoms with Crippen LogP contribution in [-0.2, 0) is 17.8 Å². The van der Waals surface area contributed by atoms with Gasteiger partial charge in [0.05, 0.1) is 19.3 Å². The number of hydrogen-bond acceptors (Lipinski definition) is 4. The minimum Gasteiger partial charge on any atom is -0.375 e. The average Bonchev–Trinajstić information content (AvgIpc) is 2.83. The van der Waals surface area contributed by atoms with E-state index in [2.05, 4.69) is 70.8 Å². The molecule has 0 saturated carbocycles. The Bertz CT molecular complexity index is 1010. The van der Waals surface area contributed by atoms with Gasteiger partial charge in [-0.3, -0.25) is 0 Å². The molecular formula is C26H32IN5O. The summed E-state index contributed by atoms with van der Waals surface area (Å²) in [6.45, 7) is 7.94. The van der Waals surface area contributed by atoms with Crippen LogP contribution in [-0.4, -0.2) is 36.7 Å². The number of aliphatic imine (C=N–C) groups is 1. The number of guanidine groups is 1.